The number of amides is 2. The summed E-state index contributed by atoms with van der Waals surface area (Å²) in [6.07, 6.45) is 3.09. The maximum atomic E-state index is 14.8. The number of halogens is 1. The highest BCUT2D eigenvalue weighted by molar-refractivity contribution is 6.11. The average molecular weight is 507 g/mol. The number of pyridine rings is 1. The van der Waals surface area contributed by atoms with E-state index in [1.807, 2.05) is 11.9 Å². The number of likely N-dealkylation sites (tertiary alicyclic amines) is 1. The van der Waals surface area contributed by atoms with E-state index in [9.17, 15) is 18.8 Å². The van der Waals surface area contributed by atoms with Crippen LogP contribution in [-0.2, 0) is 0 Å². The van der Waals surface area contributed by atoms with Gasteiger partial charge < -0.3 is 25.0 Å². The van der Waals surface area contributed by atoms with Crippen LogP contribution in [0.4, 0.5) is 4.39 Å². The number of ketones is 1. The Kier molecular flexibility index (Phi) is 7.78. The standard InChI is InChI=1S/C27H27FN4O5/c1-32-14-19(20(15-32)31-27(35)18-10-12-29-13-11-18)30-26(34)17-6-4-16(5-7-17)25(33)23-21(36-2)8-9-22(37-3)24(23)28/h4-13,19-20H,14-15H2,1-3H3,(H,30,34)(H,31,35)/t19-,20-/m1/s1. The fraction of sp³-hybridized carbons (Fsp3) is 0.259. The highest BCUT2D eigenvalue weighted by atomic mass is 19.1. The van der Waals surface area contributed by atoms with E-state index in [-0.39, 0.29) is 46.5 Å². The molecular formula is C27H27FN4O5. The second-order valence-corrected chi connectivity index (χ2v) is 8.68. The zero-order valence-electron chi connectivity index (χ0n) is 20.7. The third-order valence-electron chi connectivity index (χ3n) is 6.22. The van der Waals surface area contributed by atoms with Gasteiger partial charge in [0.15, 0.2) is 17.3 Å². The molecule has 9 nitrogen and oxygen atoms in total. The molecule has 0 spiro atoms. The number of aromatic nitrogens is 1. The molecular weight excluding hydrogens is 479 g/mol. The highest BCUT2D eigenvalue weighted by Crippen LogP contribution is 2.31. The van der Waals surface area contributed by atoms with Gasteiger partial charge in [-0.15, -0.1) is 0 Å². The van der Waals surface area contributed by atoms with Crippen molar-refractivity contribution in [1.82, 2.24) is 20.5 Å². The molecule has 0 bridgehead atoms. The topological polar surface area (TPSA) is 110 Å². The molecule has 2 amide bonds. The molecule has 10 heteroatoms. The summed E-state index contributed by atoms with van der Waals surface area (Å²) in [4.78, 5) is 44.5. The van der Waals surface area contributed by atoms with E-state index in [2.05, 4.69) is 15.6 Å². The third-order valence-corrected chi connectivity index (χ3v) is 6.22. The first-order valence-corrected chi connectivity index (χ1v) is 11.6. The number of likely N-dealkylation sites (N-methyl/N-ethyl adjacent to an activating group) is 1. The molecule has 1 saturated heterocycles. The van der Waals surface area contributed by atoms with E-state index in [1.54, 1.807) is 24.5 Å². The van der Waals surface area contributed by atoms with Crippen LogP contribution < -0.4 is 20.1 Å². The number of carbonyl (C=O) groups is 3. The maximum Gasteiger partial charge on any atom is 0.251 e. The van der Waals surface area contributed by atoms with Crippen molar-refractivity contribution in [3.8, 4) is 11.5 Å². The summed E-state index contributed by atoms with van der Waals surface area (Å²) in [6, 6.07) is 11.4. The monoisotopic (exact) mass is 506 g/mol. The first-order valence-electron chi connectivity index (χ1n) is 11.6. The van der Waals surface area contributed by atoms with E-state index < -0.39 is 11.6 Å². The van der Waals surface area contributed by atoms with Crippen molar-refractivity contribution >= 4 is 17.6 Å². The maximum absolute atomic E-state index is 14.8. The highest BCUT2D eigenvalue weighted by Gasteiger charge is 2.33. The molecule has 3 aromatic rings. The van der Waals surface area contributed by atoms with Gasteiger partial charge in [0.2, 0.25) is 0 Å². The Balaban J connectivity index is 1.46. The van der Waals surface area contributed by atoms with E-state index >= 15 is 0 Å². The second-order valence-electron chi connectivity index (χ2n) is 8.68. The molecule has 0 saturated carbocycles. The Bertz CT molecular complexity index is 1300. The van der Waals surface area contributed by atoms with Gasteiger partial charge in [0.25, 0.3) is 11.8 Å². The number of hydrogen-bond acceptors (Lipinski definition) is 7. The van der Waals surface area contributed by atoms with Crippen LogP contribution in [0, 0.1) is 5.82 Å². The van der Waals surface area contributed by atoms with Gasteiger partial charge in [0, 0.05) is 42.2 Å². The van der Waals surface area contributed by atoms with Crippen LogP contribution in [0.5, 0.6) is 11.5 Å². The number of ether oxygens (including phenoxy) is 2. The first kappa shape index (κ1) is 25.8. The molecule has 1 fully saturated rings. The van der Waals surface area contributed by atoms with Crippen LogP contribution in [0.3, 0.4) is 0 Å². The smallest absolute Gasteiger partial charge is 0.251 e. The molecule has 1 aromatic heterocycles. The molecule has 2 aromatic carbocycles. The minimum atomic E-state index is -0.820. The number of rotatable bonds is 8. The second kappa shape index (κ2) is 11.2. The van der Waals surface area contributed by atoms with Gasteiger partial charge in [0.1, 0.15) is 11.3 Å². The van der Waals surface area contributed by atoms with Gasteiger partial charge in [-0.05, 0) is 43.4 Å². The van der Waals surface area contributed by atoms with Crippen LogP contribution in [0.25, 0.3) is 0 Å². The number of nitrogens with one attached hydrogen (secondary N) is 2. The van der Waals surface area contributed by atoms with Crippen LogP contribution in [0.15, 0.2) is 60.9 Å². The molecule has 0 radical (unpaired) electrons. The zero-order valence-corrected chi connectivity index (χ0v) is 20.7. The molecule has 0 aliphatic carbocycles. The lowest BCUT2D eigenvalue weighted by atomic mass is 10.00. The Morgan fingerprint density at radius 3 is 1.84 bits per heavy atom. The number of carbonyl (C=O) groups excluding carboxylic acids is 3. The fourth-order valence-electron chi connectivity index (χ4n) is 4.30. The Labute approximate surface area is 213 Å². The van der Waals surface area contributed by atoms with Crippen LogP contribution in [-0.4, -0.2) is 73.9 Å². The largest absolute Gasteiger partial charge is 0.496 e. The molecule has 1 aliphatic heterocycles. The lowest BCUT2D eigenvalue weighted by molar-refractivity contribution is 0.0896. The lowest BCUT2D eigenvalue weighted by Crippen LogP contribution is -2.51. The Hall–Kier alpha value is -4.31. The summed E-state index contributed by atoms with van der Waals surface area (Å²) in [6.45, 7) is 1.13. The van der Waals surface area contributed by atoms with E-state index in [4.69, 9.17) is 9.47 Å². The molecule has 4 rings (SSSR count). The van der Waals surface area contributed by atoms with Crippen molar-refractivity contribution in [2.75, 3.05) is 34.4 Å². The average Bonchev–Trinajstić information content (AvgIpc) is 3.26. The summed E-state index contributed by atoms with van der Waals surface area (Å²) < 4.78 is 25.0. The molecule has 192 valence electrons. The summed E-state index contributed by atoms with van der Waals surface area (Å²) in [5, 5.41) is 5.94. The van der Waals surface area contributed by atoms with Crippen molar-refractivity contribution in [2.24, 2.45) is 0 Å². The summed E-state index contributed by atoms with van der Waals surface area (Å²) >= 11 is 0. The Morgan fingerprint density at radius 1 is 0.811 bits per heavy atom. The number of nitrogens with zero attached hydrogens (tertiary/aromatic N) is 2. The minimum Gasteiger partial charge on any atom is -0.496 e. The van der Waals surface area contributed by atoms with E-state index in [0.717, 1.165) is 0 Å². The summed E-state index contributed by atoms with van der Waals surface area (Å²) in [7, 11) is 4.56. The number of benzene rings is 2. The first-order chi connectivity index (χ1) is 17.8. The molecule has 2 N–H and O–H groups in total. The minimum absolute atomic E-state index is 0.0766. The van der Waals surface area contributed by atoms with Crippen LogP contribution >= 0.6 is 0 Å². The molecule has 0 unspecified atom stereocenters. The lowest BCUT2D eigenvalue weighted by Gasteiger charge is -2.21. The fourth-order valence-corrected chi connectivity index (χ4v) is 4.30. The van der Waals surface area contributed by atoms with Crippen molar-refractivity contribution < 1.29 is 28.2 Å². The van der Waals surface area contributed by atoms with Gasteiger partial charge in [-0.25, -0.2) is 4.39 Å². The Morgan fingerprint density at radius 2 is 1.30 bits per heavy atom. The van der Waals surface area contributed by atoms with E-state index in [0.29, 0.717) is 24.2 Å². The van der Waals surface area contributed by atoms with Gasteiger partial charge in [-0.3, -0.25) is 19.4 Å². The number of hydrogen-bond donors (Lipinski definition) is 2. The van der Waals surface area contributed by atoms with E-state index in [1.165, 1.54) is 50.6 Å². The van der Waals surface area contributed by atoms with Gasteiger partial charge >= 0.3 is 0 Å². The summed E-state index contributed by atoms with van der Waals surface area (Å²) in [5.74, 6) is -2.02. The van der Waals surface area contributed by atoms with Crippen molar-refractivity contribution in [1.29, 1.82) is 0 Å². The molecule has 2 atom stereocenters. The van der Waals surface area contributed by atoms with Crippen molar-refractivity contribution in [3.05, 3.63) is 89.0 Å². The predicted octanol–water partition coefficient (Wildman–Crippen LogP) is 2.31. The van der Waals surface area contributed by atoms with Gasteiger partial charge in [-0.1, -0.05) is 12.1 Å². The molecule has 2 heterocycles. The third kappa shape index (κ3) is 5.59. The number of methoxy groups -OCH3 is 2. The van der Waals surface area contributed by atoms with Gasteiger partial charge in [0.05, 0.1) is 26.3 Å². The van der Waals surface area contributed by atoms with Gasteiger partial charge in [-0.2, -0.15) is 0 Å². The quantitative estimate of drug-likeness (QED) is 0.451. The SMILES string of the molecule is COc1ccc(OC)c(C(=O)c2ccc(C(=O)N[C@@H]3CN(C)C[C@H]3NC(=O)c3ccncc3)cc2)c1F. The van der Waals surface area contributed by atoms with Crippen molar-refractivity contribution in [3.63, 3.8) is 0 Å². The van der Waals surface area contributed by atoms with Crippen molar-refractivity contribution in [2.45, 2.75) is 12.1 Å². The summed E-state index contributed by atoms with van der Waals surface area (Å²) in [5.41, 5.74) is 0.744. The predicted molar refractivity (Wildman–Crippen MR) is 134 cm³/mol. The zero-order chi connectivity index (χ0) is 26.5. The molecule has 37 heavy (non-hydrogen) atoms. The van der Waals surface area contributed by atoms with Crippen LogP contribution in [0.2, 0.25) is 0 Å². The van der Waals surface area contributed by atoms with Crippen LogP contribution in [0.1, 0.15) is 36.6 Å². The molecule has 1 aliphatic rings. The normalized spacial score (nSPS) is 17.2.